The topological polar surface area (TPSA) is 50.6 Å². The highest BCUT2D eigenvalue weighted by Crippen LogP contribution is 2.26. The van der Waals surface area contributed by atoms with E-state index in [2.05, 4.69) is 48.0 Å². The third-order valence-electron chi connectivity index (χ3n) is 5.09. The monoisotopic (exact) mass is 386 g/mol. The summed E-state index contributed by atoms with van der Waals surface area (Å²) in [6.07, 6.45) is 1.92. The molecule has 0 spiro atoms. The van der Waals surface area contributed by atoms with E-state index < -0.39 is 0 Å². The molecule has 0 unspecified atom stereocenters. The number of anilines is 1. The molecule has 0 atom stereocenters. The van der Waals surface area contributed by atoms with Crippen molar-refractivity contribution in [2.45, 2.75) is 20.4 Å². The second-order valence-electron chi connectivity index (χ2n) is 7.29. The zero-order valence-electron chi connectivity index (χ0n) is 17.0. The number of benzene rings is 2. The van der Waals surface area contributed by atoms with Crippen LogP contribution in [0.3, 0.4) is 0 Å². The molecule has 1 aliphatic heterocycles. The van der Waals surface area contributed by atoms with Gasteiger partial charge in [0.2, 0.25) is 0 Å². The van der Waals surface area contributed by atoms with Crippen molar-refractivity contribution in [3.63, 3.8) is 0 Å². The lowest BCUT2D eigenvalue weighted by Crippen LogP contribution is -2.37. The van der Waals surface area contributed by atoms with Gasteiger partial charge in [0.25, 0.3) is 0 Å². The fourth-order valence-electron chi connectivity index (χ4n) is 3.49. The highest BCUT2D eigenvalue weighted by atomic mass is 16.5. The molecule has 4 rings (SSSR count). The van der Waals surface area contributed by atoms with Crippen LogP contribution >= 0.6 is 0 Å². The largest absolute Gasteiger partial charge is 0.378 e. The Labute approximate surface area is 172 Å². The van der Waals surface area contributed by atoms with Crippen LogP contribution in [0.2, 0.25) is 0 Å². The first-order chi connectivity index (χ1) is 14.2. The summed E-state index contributed by atoms with van der Waals surface area (Å²) < 4.78 is 5.52. The predicted molar refractivity (Wildman–Crippen MR) is 118 cm³/mol. The summed E-state index contributed by atoms with van der Waals surface area (Å²) in [6.45, 7) is 7.86. The quantitative estimate of drug-likeness (QED) is 0.616. The first kappa shape index (κ1) is 19.3. The van der Waals surface area contributed by atoms with Crippen molar-refractivity contribution in [1.29, 1.82) is 0 Å². The summed E-state index contributed by atoms with van der Waals surface area (Å²) in [5, 5.41) is 0. The normalized spacial score (nSPS) is 14.5. The summed E-state index contributed by atoms with van der Waals surface area (Å²) in [4.78, 5) is 16.7. The van der Waals surface area contributed by atoms with Gasteiger partial charge in [-0.25, -0.2) is 9.97 Å². The molecule has 3 aromatic rings. The van der Waals surface area contributed by atoms with E-state index in [4.69, 9.17) is 14.7 Å². The van der Waals surface area contributed by atoms with E-state index in [1.54, 1.807) is 0 Å². The van der Waals surface area contributed by atoms with Crippen LogP contribution in [-0.4, -0.2) is 42.5 Å². The summed E-state index contributed by atoms with van der Waals surface area (Å²) in [5.41, 5.74) is 5.41. The summed E-state index contributed by atoms with van der Waals surface area (Å²) in [5.74, 6) is 1.74. The fraction of sp³-hybridized carbons (Fsp3) is 0.292. The second-order valence-corrected chi connectivity index (χ2v) is 7.29. The van der Waals surface area contributed by atoms with Crippen LogP contribution in [0.5, 0.6) is 0 Å². The summed E-state index contributed by atoms with van der Waals surface area (Å²) in [7, 11) is 0. The molecule has 5 nitrogen and oxygen atoms in total. The smallest absolute Gasteiger partial charge is 0.161 e. The molecule has 2 heterocycles. The van der Waals surface area contributed by atoms with Crippen molar-refractivity contribution in [2.24, 2.45) is 4.99 Å². The van der Waals surface area contributed by atoms with Gasteiger partial charge in [0.05, 0.1) is 25.5 Å². The van der Waals surface area contributed by atoms with Crippen molar-refractivity contribution in [1.82, 2.24) is 9.97 Å². The van der Waals surface area contributed by atoms with Gasteiger partial charge in [0.15, 0.2) is 5.82 Å². The number of morpholine rings is 1. The third-order valence-corrected chi connectivity index (χ3v) is 5.09. The molecule has 0 aliphatic carbocycles. The third kappa shape index (κ3) is 4.69. The van der Waals surface area contributed by atoms with Crippen molar-refractivity contribution < 1.29 is 4.74 Å². The SMILES string of the molecule is Cc1cccc(C=NCc2nc(-c3ccccc3)nc(N3CCOCC3)c2C)c1. The number of nitrogens with zero attached hydrogens (tertiary/aromatic N) is 4. The average Bonchev–Trinajstić information content (AvgIpc) is 2.76. The van der Waals surface area contributed by atoms with Crippen LogP contribution in [0.25, 0.3) is 11.4 Å². The standard InChI is InChI=1S/C24H26N4O/c1-18-7-6-8-20(15-18)16-25-17-22-19(2)24(28-11-13-29-14-12-28)27-23(26-22)21-9-4-3-5-10-21/h3-10,15-16H,11-14,17H2,1-2H3. The summed E-state index contributed by atoms with van der Waals surface area (Å²) >= 11 is 0. The Balaban J connectivity index is 1.67. The fourth-order valence-corrected chi connectivity index (χ4v) is 3.49. The van der Waals surface area contributed by atoms with Crippen LogP contribution in [0, 0.1) is 13.8 Å². The Kier molecular flexibility index (Phi) is 5.96. The summed E-state index contributed by atoms with van der Waals surface area (Å²) in [6, 6.07) is 18.5. The minimum atomic E-state index is 0.527. The van der Waals surface area contributed by atoms with E-state index in [0.717, 1.165) is 60.3 Å². The lowest BCUT2D eigenvalue weighted by atomic mass is 10.1. The maximum Gasteiger partial charge on any atom is 0.161 e. The molecule has 1 saturated heterocycles. The average molecular weight is 386 g/mol. The lowest BCUT2D eigenvalue weighted by Gasteiger charge is -2.29. The molecule has 0 radical (unpaired) electrons. The molecule has 2 aromatic carbocycles. The zero-order valence-corrected chi connectivity index (χ0v) is 17.0. The lowest BCUT2D eigenvalue weighted by molar-refractivity contribution is 0.122. The van der Waals surface area contributed by atoms with Gasteiger partial charge in [-0.3, -0.25) is 4.99 Å². The number of hydrogen-bond acceptors (Lipinski definition) is 5. The molecule has 0 bridgehead atoms. The van der Waals surface area contributed by atoms with Gasteiger partial charge in [0.1, 0.15) is 5.82 Å². The number of rotatable bonds is 5. The Morgan fingerprint density at radius 3 is 2.55 bits per heavy atom. The maximum atomic E-state index is 5.52. The number of aryl methyl sites for hydroxylation is 1. The van der Waals surface area contributed by atoms with Crippen LogP contribution in [0.15, 0.2) is 59.6 Å². The number of aliphatic imine (C=N–C) groups is 1. The van der Waals surface area contributed by atoms with Crippen molar-refractivity contribution in [3.8, 4) is 11.4 Å². The van der Waals surface area contributed by atoms with E-state index in [-0.39, 0.29) is 0 Å². The van der Waals surface area contributed by atoms with Crippen LogP contribution in [-0.2, 0) is 11.3 Å². The van der Waals surface area contributed by atoms with Gasteiger partial charge >= 0.3 is 0 Å². The Morgan fingerprint density at radius 2 is 1.79 bits per heavy atom. The van der Waals surface area contributed by atoms with Gasteiger partial charge in [-0.05, 0) is 19.4 Å². The molecule has 1 aromatic heterocycles. The Morgan fingerprint density at radius 1 is 1.00 bits per heavy atom. The molecule has 1 aliphatic rings. The van der Waals surface area contributed by atoms with E-state index in [0.29, 0.717) is 6.54 Å². The van der Waals surface area contributed by atoms with Crippen molar-refractivity contribution >= 4 is 12.0 Å². The first-order valence-electron chi connectivity index (χ1n) is 10.0. The molecule has 0 saturated carbocycles. The maximum absolute atomic E-state index is 5.52. The minimum Gasteiger partial charge on any atom is -0.378 e. The highest BCUT2D eigenvalue weighted by molar-refractivity contribution is 5.79. The van der Waals surface area contributed by atoms with Gasteiger partial charge < -0.3 is 9.64 Å². The van der Waals surface area contributed by atoms with E-state index in [9.17, 15) is 0 Å². The molecular formula is C24H26N4O. The molecule has 0 amide bonds. The van der Waals surface area contributed by atoms with Gasteiger partial charge in [-0.15, -0.1) is 0 Å². The molecule has 148 valence electrons. The first-order valence-corrected chi connectivity index (χ1v) is 10.0. The number of hydrogen-bond donors (Lipinski definition) is 0. The van der Waals surface area contributed by atoms with Crippen LogP contribution < -0.4 is 4.90 Å². The van der Waals surface area contributed by atoms with Gasteiger partial charge in [0, 0.05) is 30.4 Å². The molecular weight excluding hydrogens is 360 g/mol. The van der Waals surface area contributed by atoms with Crippen LogP contribution in [0.1, 0.15) is 22.4 Å². The molecule has 0 N–H and O–H groups in total. The highest BCUT2D eigenvalue weighted by Gasteiger charge is 2.19. The Hall–Kier alpha value is -3.05. The Bertz CT molecular complexity index is 995. The molecule has 1 fully saturated rings. The minimum absolute atomic E-state index is 0.527. The molecule has 5 heteroatoms. The van der Waals surface area contributed by atoms with E-state index in [1.807, 2.05) is 36.5 Å². The number of ether oxygens (including phenoxy) is 1. The molecule has 29 heavy (non-hydrogen) atoms. The second kappa shape index (κ2) is 8.97. The van der Waals surface area contributed by atoms with E-state index in [1.165, 1.54) is 5.56 Å². The van der Waals surface area contributed by atoms with Crippen molar-refractivity contribution in [2.75, 3.05) is 31.2 Å². The van der Waals surface area contributed by atoms with Crippen molar-refractivity contribution in [3.05, 3.63) is 77.0 Å². The van der Waals surface area contributed by atoms with Gasteiger partial charge in [-0.2, -0.15) is 0 Å². The van der Waals surface area contributed by atoms with E-state index >= 15 is 0 Å². The zero-order chi connectivity index (χ0) is 20.1. The van der Waals surface area contributed by atoms with Crippen LogP contribution in [0.4, 0.5) is 5.82 Å². The van der Waals surface area contributed by atoms with Gasteiger partial charge in [-0.1, -0.05) is 60.2 Å². The number of aromatic nitrogens is 2. The predicted octanol–water partition coefficient (Wildman–Crippen LogP) is 4.22.